The van der Waals surface area contributed by atoms with Gasteiger partial charge in [-0.2, -0.15) is 0 Å². The monoisotopic (exact) mass is 230 g/mol. The highest BCUT2D eigenvalue weighted by molar-refractivity contribution is 5.24. The third kappa shape index (κ3) is 1.98. The van der Waals surface area contributed by atoms with E-state index in [0.717, 1.165) is 25.0 Å². The topological polar surface area (TPSA) is 29.5 Å². The van der Waals surface area contributed by atoms with Crippen molar-refractivity contribution in [1.82, 2.24) is 0 Å². The minimum absolute atomic E-state index is 0.122. The molecule has 90 valence electrons. The molecule has 0 saturated carbocycles. The number of ether oxygens (including phenoxy) is 1. The maximum Gasteiger partial charge on any atom is 0.0977 e. The third-order valence-corrected chi connectivity index (χ3v) is 3.91. The van der Waals surface area contributed by atoms with E-state index in [4.69, 9.17) is 4.74 Å². The van der Waals surface area contributed by atoms with E-state index in [0.29, 0.717) is 6.61 Å². The summed E-state index contributed by atoms with van der Waals surface area (Å²) in [6.45, 7) is 0.605. The molecule has 1 aliphatic carbocycles. The standard InChI is InChI=1S/C15H18O2/c16-15-12-8-4-5-9-14(12)17-10-13(15)11-6-2-1-3-7-11/h1-3,6-7,9,12-13,15-16H,4-5,8,10H2. The molecule has 1 N–H and O–H groups in total. The van der Waals surface area contributed by atoms with Gasteiger partial charge in [-0.15, -0.1) is 0 Å². The van der Waals surface area contributed by atoms with Crippen molar-refractivity contribution in [3.8, 4) is 0 Å². The molecule has 1 saturated heterocycles. The van der Waals surface area contributed by atoms with Crippen LogP contribution in [-0.2, 0) is 4.74 Å². The van der Waals surface area contributed by atoms with Crippen LogP contribution in [0.5, 0.6) is 0 Å². The van der Waals surface area contributed by atoms with Gasteiger partial charge in [0.15, 0.2) is 0 Å². The smallest absolute Gasteiger partial charge is 0.0977 e. The fourth-order valence-electron chi connectivity index (χ4n) is 2.94. The van der Waals surface area contributed by atoms with Crippen LogP contribution in [0.15, 0.2) is 42.2 Å². The number of benzene rings is 1. The summed E-state index contributed by atoms with van der Waals surface area (Å²) in [7, 11) is 0. The van der Waals surface area contributed by atoms with Gasteiger partial charge >= 0.3 is 0 Å². The summed E-state index contributed by atoms with van der Waals surface area (Å²) in [5, 5.41) is 10.5. The molecule has 1 heterocycles. The Bertz CT molecular complexity index is 410. The van der Waals surface area contributed by atoms with Crippen LogP contribution in [-0.4, -0.2) is 17.8 Å². The fourth-order valence-corrected chi connectivity index (χ4v) is 2.94. The molecule has 3 atom stereocenters. The highest BCUT2D eigenvalue weighted by atomic mass is 16.5. The van der Waals surface area contributed by atoms with Gasteiger partial charge in [0, 0.05) is 11.8 Å². The van der Waals surface area contributed by atoms with Crippen LogP contribution in [0, 0.1) is 5.92 Å². The molecule has 0 spiro atoms. The molecule has 1 fully saturated rings. The van der Waals surface area contributed by atoms with Crippen molar-refractivity contribution in [2.24, 2.45) is 5.92 Å². The summed E-state index contributed by atoms with van der Waals surface area (Å²) in [6.07, 6.45) is 5.16. The van der Waals surface area contributed by atoms with Gasteiger partial charge in [-0.3, -0.25) is 0 Å². The second-order valence-electron chi connectivity index (χ2n) is 4.96. The van der Waals surface area contributed by atoms with Gasteiger partial charge in [-0.1, -0.05) is 30.3 Å². The normalized spacial score (nSPS) is 32.3. The fraction of sp³-hybridized carbons (Fsp3) is 0.467. The first kappa shape index (κ1) is 10.8. The number of hydrogen-bond acceptors (Lipinski definition) is 2. The van der Waals surface area contributed by atoms with E-state index in [-0.39, 0.29) is 17.9 Å². The first-order valence-corrected chi connectivity index (χ1v) is 6.42. The van der Waals surface area contributed by atoms with E-state index < -0.39 is 0 Å². The molecule has 1 aromatic rings. The average molecular weight is 230 g/mol. The third-order valence-electron chi connectivity index (χ3n) is 3.91. The lowest BCUT2D eigenvalue weighted by atomic mass is 9.78. The van der Waals surface area contributed by atoms with Crippen LogP contribution in [0.2, 0.25) is 0 Å². The molecule has 2 nitrogen and oxygen atoms in total. The van der Waals surface area contributed by atoms with E-state index in [1.807, 2.05) is 18.2 Å². The van der Waals surface area contributed by atoms with Crippen LogP contribution in [0.3, 0.4) is 0 Å². The zero-order chi connectivity index (χ0) is 11.7. The van der Waals surface area contributed by atoms with Crippen LogP contribution < -0.4 is 0 Å². The molecular weight excluding hydrogens is 212 g/mol. The molecule has 1 aromatic carbocycles. The molecular formula is C15H18O2. The summed E-state index contributed by atoms with van der Waals surface area (Å²) in [5.74, 6) is 1.36. The number of hydrogen-bond donors (Lipinski definition) is 1. The molecule has 3 unspecified atom stereocenters. The van der Waals surface area contributed by atoms with Crippen molar-refractivity contribution < 1.29 is 9.84 Å². The minimum atomic E-state index is -0.294. The Morgan fingerprint density at radius 1 is 1.12 bits per heavy atom. The van der Waals surface area contributed by atoms with E-state index in [1.165, 1.54) is 5.56 Å². The summed E-state index contributed by atoms with van der Waals surface area (Å²) in [5.41, 5.74) is 1.18. The van der Waals surface area contributed by atoms with Gasteiger partial charge in [0.1, 0.15) is 0 Å². The van der Waals surface area contributed by atoms with Gasteiger partial charge in [-0.05, 0) is 30.9 Å². The van der Waals surface area contributed by atoms with Gasteiger partial charge in [-0.25, -0.2) is 0 Å². The predicted octanol–water partition coefficient (Wildman–Crippen LogP) is 2.85. The Hall–Kier alpha value is -1.28. The van der Waals surface area contributed by atoms with Gasteiger partial charge in [0.05, 0.1) is 18.5 Å². The first-order valence-electron chi connectivity index (χ1n) is 6.42. The van der Waals surface area contributed by atoms with Crippen LogP contribution in [0.1, 0.15) is 30.7 Å². The van der Waals surface area contributed by atoms with Gasteiger partial charge in [0.2, 0.25) is 0 Å². The van der Waals surface area contributed by atoms with Crippen molar-refractivity contribution in [2.75, 3.05) is 6.61 Å². The lowest BCUT2D eigenvalue weighted by molar-refractivity contribution is -0.0163. The van der Waals surface area contributed by atoms with Crippen molar-refractivity contribution >= 4 is 0 Å². The van der Waals surface area contributed by atoms with Crippen molar-refractivity contribution in [3.05, 3.63) is 47.7 Å². The maximum absolute atomic E-state index is 10.5. The van der Waals surface area contributed by atoms with Crippen LogP contribution in [0.25, 0.3) is 0 Å². The number of aliphatic hydroxyl groups excluding tert-OH is 1. The van der Waals surface area contributed by atoms with Gasteiger partial charge < -0.3 is 9.84 Å². The second kappa shape index (κ2) is 4.53. The van der Waals surface area contributed by atoms with Gasteiger partial charge in [0.25, 0.3) is 0 Å². The van der Waals surface area contributed by atoms with Crippen molar-refractivity contribution in [3.63, 3.8) is 0 Å². The van der Waals surface area contributed by atoms with E-state index in [2.05, 4.69) is 18.2 Å². The molecule has 2 aliphatic rings. The molecule has 3 rings (SSSR count). The Labute approximate surface area is 102 Å². The quantitative estimate of drug-likeness (QED) is 0.804. The Morgan fingerprint density at radius 3 is 2.76 bits per heavy atom. The molecule has 0 radical (unpaired) electrons. The Morgan fingerprint density at radius 2 is 1.94 bits per heavy atom. The van der Waals surface area contributed by atoms with Crippen molar-refractivity contribution in [2.45, 2.75) is 31.3 Å². The summed E-state index contributed by atoms with van der Waals surface area (Å²) >= 11 is 0. The number of rotatable bonds is 1. The average Bonchev–Trinajstić information content (AvgIpc) is 2.40. The molecule has 0 amide bonds. The largest absolute Gasteiger partial charge is 0.497 e. The maximum atomic E-state index is 10.5. The molecule has 17 heavy (non-hydrogen) atoms. The van der Waals surface area contributed by atoms with Crippen LogP contribution >= 0.6 is 0 Å². The zero-order valence-electron chi connectivity index (χ0n) is 9.88. The minimum Gasteiger partial charge on any atom is -0.497 e. The summed E-state index contributed by atoms with van der Waals surface area (Å²) in [4.78, 5) is 0. The Kier molecular flexibility index (Phi) is 2.89. The summed E-state index contributed by atoms with van der Waals surface area (Å²) in [6, 6.07) is 10.2. The molecule has 0 bridgehead atoms. The highest BCUT2D eigenvalue weighted by Crippen LogP contribution is 2.39. The first-order chi connectivity index (χ1) is 8.36. The van der Waals surface area contributed by atoms with Crippen LogP contribution in [0.4, 0.5) is 0 Å². The number of allylic oxidation sites excluding steroid dienone is 1. The lowest BCUT2D eigenvalue weighted by Crippen LogP contribution is -2.38. The predicted molar refractivity (Wildman–Crippen MR) is 66.6 cm³/mol. The van der Waals surface area contributed by atoms with E-state index >= 15 is 0 Å². The molecule has 0 aromatic heterocycles. The van der Waals surface area contributed by atoms with Crippen molar-refractivity contribution in [1.29, 1.82) is 0 Å². The van der Waals surface area contributed by atoms with E-state index in [1.54, 1.807) is 0 Å². The zero-order valence-corrected chi connectivity index (χ0v) is 9.88. The number of aliphatic hydroxyl groups is 1. The highest BCUT2D eigenvalue weighted by Gasteiger charge is 2.37. The molecule has 2 heteroatoms. The Balaban J connectivity index is 1.85. The SMILES string of the molecule is OC1C2CCCC=C2OCC1c1ccccc1. The van der Waals surface area contributed by atoms with E-state index in [9.17, 15) is 5.11 Å². The number of fused-ring (bicyclic) bond motifs is 1. The molecule has 1 aliphatic heterocycles. The lowest BCUT2D eigenvalue weighted by Gasteiger charge is -2.38. The second-order valence-corrected chi connectivity index (χ2v) is 4.96. The summed E-state index contributed by atoms with van der Waals surface area (Å²) < 4.78 is 5.82.